The number of piperazine rings is 1. The van der Waals surface area contributed by atoms with Gasteiger partial charge in [-0.15, -0.1) is 0 Å². The summed E-state index contributed by atoms with van der Waals surface area (Å²) in [6.07, 6.45) is 0. The maximum Gasteiger partial charge on any atom is 0.244 e. The van der Waals surface area contributed by atoms with Crippen LogP contribution >= 0.6 is 0 Å². The topological polar surface area (TPSA) is 59.8 Å². The van der Waals surface area contributed by atoms with Gasteiger partial charge in [0.1, 0.15) is 17.9 Å². The van der Waals surface area contributed by atoms with Crippen LogP contribution in [-0.2, 0) is 4.79 Å². The fourth-order valence-electron chi connectivity index (χ4n) is 3.85. The first kappa shape index (κ1) is 20.7. The fraction of sp³-hybridized carbons (Fsp3) is 0.391. The number of nitrogens with zero attached hydrogens (tertiary/aromatic N) is 4. The van der Waals surface area contributed by atoms with Gasteiger partial charge in [-0.25, -0.2) is 0 Å². The largest absolute Gasteiger partial charge is 0.495 e. The molecule has 1 fully saturated rings. The Kier molecular flexibility index (Phi) is 6.40. The van der Waals surface area contributed by atoms with E-state index in [2.05, 4.69) is 15.9 Å². The molecule has 152 valence electrons. The number of nitriles is 1. The minimum atomic E-state index is -0.273. The van der Waals surface area contributed by atoms with E-state index in [0.717, 1.165) is 43.0 Å². The molecule has 3 rings (SSSR count). The van der Waals surface area contributed by atoms with Crippen LogP contribution in [-0.4, -0.2) is 63.1 Å². The summed E-state index contributed by atoms with van der Waals surface area (Å²) < 4.78 is 5.41. The van der Waals surface area contributed by atoms with Gasteiger partial charge in [0.15, 0.2) is 0 Å². The Labute approximate surface area is 172 Å². The second-order valence-corrected chi connectivity index (χ2v) is 7.52. The van der Waals surface area contributed by atoms with E-state index >= 15 is 0 Å². The van der Waals surface area contributed by atoms with Crippen molar-refractivity contribution in [2.24, 2.45) is 0 Å². The van der Waals surface area contributed by atoms with Crippen molar-refractivity contribution in [2.75, 3.05) is 52.3 Å². The summed E-state index contributed by atoms with van der Waals surface area (Å²) in [6, 6.07) is 15.9. The Morgan fingerprint density at radius 3 is 2.34 bits per heavy atom. The fourth-order valence-corrected chi connectivity index (χ4v) is 3.85. The molecule has 6 heteroatoms. The smallest absolute Gasteiger partial charge is 0.244 e. The van der Waals surface area contributed by atoms with Gasteiger partial charge in [-0.05, 0) is 24.1 Å². The molecule has 0 saturated carbocycles. The van der Waals surface area contributed by atoms with Gasteiger partial charge in [-0.2, -0.15) is 5.26 Å². The van der Waals surface area contributed by atoms with Gasteiger partial charge in [-0.3, -0.25) is 9.69 Å². The van der Waals surface area contributed by atoms with Crippen molar-refractivity contribution in [1.82, 2.24) is 9.80 Å². The van der Waals surface area contributed by atoms with Crippen LogP contribution in [0.2, 0.25) is 0 Å². The van der Waals surface area contributed by atoms with Crippen molar-refractivity contribution >= 4 is 11.6 Å². The number of methoxy groups -OCH3 is 1. The lowest BCUT2D eigenvalue weighted by molar-refractivity contribution is -0.134. The number of carbonyl (C=O) groups excluding carboxylic acids is 1. The Hall–Kier alpha value is -3.04. The molecule has 0 aliphatic carbocycles. The van der Waals surface area contributed by atoms with E-state index in [1.807, 2.05) is 49.4 Å². The van der Waals surface area contributed by atoms with Crippen molar-refractivity contribution in [2.45, 2.75) is 13.0 Å². The summed E-state index contributed by atoms with van der Waals surface area (Å²) in [5.74, 6) is 0.704. The van der Waals surface area contributed by atoms with Crippen LogP contribution < -0.4 is 9.64 Å². The predicted molar refractivity (Wildman–Crippen MR) is 114 cm³/mol. The number of hydrogen-bond acceptors (Lipinski definition) is 5. The molecule has 2 aromatic carbocycles. The molecule has 1 saturated heterocycles. The predicted octanol–water partition coefficient (Wildman–Crippen LogP) is 2.83. The van der Waals surface area contributed by atoms with Crippen LogP contribution in [0.1, 0.15) is 22.7 Å². The average Bonchev–Trinajstić information content (AvgIpc) is 2.74. The molecule has 1 atom stereocenters. The lowest BCUT2D eigenvalue weighted by Gasteiger charge is -2.40. The number of benzene rings is 2. The molecule has 1 aliphatic rings. The monoisotopic (exact) mass is 392 g/mol. The number of aryl methyl sites for hydroxylation is 1. The Morgan fingerprint density at radius 1 is 1.14 bits per heavy atom. The van der Waals surface area contributed by atoms with Gasteiger partial charge >= 0.3 is 0 Å². The van der Waals surface area contributed by atoms with Gasteiger partial charge in [0.05, 0.1) is 12.7 Å². The standard InChI is InChI=1S/C23H28N4O2/c1-17-14-19(15-21(29-4)20(17)16-24)26-10-12-27(13-11-26)22(23(28)25(2)3)18-8-6-5-7-9-18/h5-9,14-15,22H,10-13H2,1-4H3/t22-/m0/s1. The van der Waals surface area contributed by atoms with E-state index in [9.17, 15) is 10.1 Å². The van der Waals surface area contributed by atoms with Crippen LogP contribution in [0.4, 0.5) is 5.69 Å². The molecular formula is C23H28N4O2. The maximum atomic E-state index is 12.9. The van der Waals surface area contributed by atoms with Gasteiger partial charge in [0.2, 0.25) is 5.91 Å². The van der Waals surface area contributed by atoms with E-state index in [1.54, 1.807) is 26.1 Å². The molecule has 6 nitrogen and oxygen atoms in total. The minimum Gasteiger partial charge on any atom is -0.495 e. The van der Waals surface area contributed by atoms with Gasteiger partial charge < -0.3 is 14.5 Å². The van der Waals surface area contributed by atoms with Crippen LogP contribution in [0.3, 0.4) is 0 Å². The number of anilines is 1. The molecule has 1 amide bonds. The lowest BCUT2D eigenvalue weighted by Crippen LogP contribution is -2.51. The van der Waals surface area contributed by atoms with E-state index in [-0.39, 0.29) is 11.9 Å². The number of carbonyl (C=O) groups is 1. The van der Waals surface area contributed by atoms with Gasteiger partial charge in [-0.1, -0.05) is 30.3 Å². The first-order valence-electron chi connectivity index (χ1n) is 9.80. The van der Waals surface area contributed by atoms with Crippen molar-refractivity contribution in [1.29, 1.82) is 5.26 Å². The first-order chi connectivity index (χ1) is 14.0. The summed E-state index contributed by atoms with van der Waals surface area (Å²) in [4.78, 5) is 19.1. The van der Waals surface area contributed by atoms with Crippen molar-refractivity contribution < 1.29 is 9.53 Å². The normalized spacial score (nSPS) is 15.5. The molecule has 2 aromatic rings. The summed E-state index contributed by atoms with van der Waals surface area (Å²) in [7, 11) is 5.20. The van der Waals surface area contributed by atoms with Crippen LogP contribution in [0, 0.1) is 18.3 Å². The van der Waals surface area contributed by atoms with Crippen molar-refractivity contribution in [3.05, 3.63) is 59.2 Å². The Bertz CT molecular complexity index is 897. The number of likely N-dealkylation sites (N-methyl/N-ethyl adjacent to an activating group) is 1. The molecule has 1 heterocycles. The highest BCUT2D eigenvalue weighted by atomic mass is 16.5. The van der Waals surface area contributed by atoms with E-state index in [0.29, 0.717) is 11.3 Å². The highest BCUT2D eigenvalue weighted by molar-refractivity contribution is 5.83. The SMILES string of the molecule is COc1cc(N2CCN([C@H](C(=O)N(C)C)c3ccccc3)CC2)cc(C)c1C#N. The van der Waals surface area contributed by atoms with E-state index < -0.39 is 0 Å². The molecule has 0 radical (unpaired) electrons. The zero-order valence-electron chi connectivity index (χ0n) is 17.6. The molecule has 0 unspecified atom stereocenters. The third kappa shape index (κ3) is 4.36. The highest BCUT2D eigenvalue weighted by Gasteiger charge is 2.31. The quantitative estimate of drug-likeness (QED) is 0.783. The third-order valence-corrected chi connectivity index (χ3v) is 5.45. The third-order valence-electron chi connectivity index (χ3n) is 5.45. The molecule has 29 heavy (non-hydrogen) atoms. The molecular weight excluding hydrogens is 364 g/mol. The first-order valence-corrected chi connectivity index (χ1v) is 9.80. The maximum absolute atomic E-state index is 12.9. The van der Waals surface area contributed by atoms with Crippen molar-refractivity contribution in [3.63, 3.8) is 0 Å². The molecule has 0 spiro atoms. The van der Waals surface area contributed by atoms with E-state index in [1.165, 1.54) is 0 Å². The zero-order valence-corrected chi connectivity index (χ0v) is 17.6. The lowest BCUT2D eigenvalue weighted by atomic mass is 10.0. The molecule has 1 aliphatic heterocycles. The summed E-state index contributed by atoms with van der Waals surface area (Å²) in [5.41, 5.74) is 3.56. The second-order valence-electron chi connectivity index (χ2n) is 7.52. The summed E-state index contributed by atoms with van der Waals surface area (Å²) >= 11 is 0. The van der Waals surface area contributed by atoms with Crippen molar-refractivity contribution in [3.8, 4) is 11.8 Å². The number of amides is 1. The van der Waals surface area contributed by atoms with Crippen LogP contribution in [0.5, 0.6) is 5.75 Å². The second kappa shape index (κ2) is 8.97. The Morgan fingerprint density at radius 2 is 1.79 bits per heavy atom. The van der Waals surface area contributed by atoms with Gasteiger partial charge in [0, 0.05) is 52.0 Å². The molecule has 0 bridgehead atoms. The van der Waals surface area contributed by atoms with E-state index in [4.69, 9.17) is 4.74 Å². The molecule has 0 aromatic heterocycles. The average molecular weight is 393 g/mol. The number of rotatable bonds is 5. The summed E-state index contributed by atoms with van der Waals surface area (Å²) in [5, 5.41) is 9.35. The number of hydrogen-bond donors (Lipinski definition) is 0. The Balaban J connectivity index is 1.79. The van der Waals surface area contributed by atoms with Crippen LogP contribution in [0.15, 0.2) is 42.5 Å². The van der Waals surface area contributed by atoms with Crippen LogP contribution in [0.25, 0.3) is 0 Å². The number of ether oxygens (including phenoxy) is 1. The highest BCUT2D eigenvalue weighted by Crippen LogP contribution is 2.31. The molecule has 0 N–H and O–H groups in total. The minimum absolute atomic E-state index is 0.0977. The zero-order chi connectivity index (χ0) is 21.0. The summed E-state index contributed by atoms with van der Waals surface area (Å²) in [6.45, 7) is 5.10. The van der Waals surface area contributed by atoms with Gasteiger partial charge in [0.25, 0.3) is 0 Å².